The summed E-state index contributed by atoms with van der Waals surface area (Å²) in [5, 5.41) is 0.0689. The molecule has 0 N–H and O–H groups in total. The fourth-order valence-electron chi connectivity index (χ4n) is 2.23. The van der Waals surface area contributed by atoms with Gasteiger partial charge in [0.1, 0.15) is 5.15 Å². The largest absolute Gasteiger partial charge is 0.377 e. The second kappa shape index (κ2) is 6.43. The number of hydrogen-bond acceptors (Lipinski definition) is 4. The van der Waals surface area contributed by atoms with Gasteiger partial charge >= 0.3 is 0 Å². The molecule has 0 spiro atoms. The quantitative estimate of drug-likeness (QED) is 0.827. The first kappa shape index (κ1) is 15.8. The lowest BCUT2D eigenvalue weighted by Gasteiger charge is -2.31. The number of halogens is 1. The van der Waals surface area contributed by atoms with Crippen molar-refractivity contribution in [3.63, 3.8) is 0 Å². The maximum absolute atomic E-state index is 12.6. The maximum atomic E-state index is 12.6. The van der Waals surface area contributed by atoms with Crippen LogP contribution in [0.25, 0.3) is 0 Å². The molecule has 0 aromatic carbocycles. The molecule has 1 aromatic rings. The molecule has 1 unspecified atom stereocenters. The van der Waals surface area contributed by atoms with E-state index in [1.807, 2.05) is 6.92 Å². The standard InChI is InChI=1S/C12H20ClN3O3S/c1-3-7-19-10-5-4-6-16(8-10)20(17,18)12-11(13)15(2)9-14-12/h9-10H,3-8H2,1-2H3. The summed E-state index contributed by atoms with van der Waals surface area (Å²) < 4.78 is 33.7. The van der Waals surface area contributed by atoms with Gasteiger partial charge in [-0.15, -0.1) is 0 Å². The molecule has 8 heteroatoms. The van der Waals surface area contributed by atoms with Gasteiger partial charge in [0.15, 0.2) is 0 Å². The summed E-state index contributed by atoms with van der Waals surface area (Å²) in [4.78, 5) is 3.91. The van der Waals surface area contributed by atoms with Crippen LogP contribution in [0.1, 0.15) is 26.2 Å². The third-order valence-electron chi connectivity index (χ3n) is 3.32. The maximum Gasteiger partial charge on any atom is 0.263 e. The number of ether oxygens (including phenoxy) is 1. The van der Waals surface area contributed by atoms with E-state index < -0.39 is 10.0 Å². The normalized spacial score (nSPS) is 21.2. The molecule has 1 atom stereocenters. The molecular formula is C12H20ClN3O3S. The van der Waals surface area contributed by atoms with Gasteiger partial charge in [-0.05, 0) is 19.3 Å². The van der Waals surface area contributed by atoms with Gasteiger partial charge in [0.05, 0.1) is 12.4 Å². The zero-order valence-corrected chi connectivity index (χ0v) is 13.3. The minimum Gasteiger partial charge on any atom is -0.377 e. The lowest BCUT2D eigenvalue weighted by molar-refractivity contribution is 0.0193. The van der Waals surface area contributed by atoms with Crippen LogP contribution in [0.5, 0.6) is 0 Å². The predicted octanol–water partition coefficient (Wildman–Crippen LogP) is 1.65. The summed E-state index contributed by atoms with van der Waals surface area (Å²) in [7, 11) is -1.98. The van der Waals surface area contributed by atoms with E-state index in [9.17, 15) is 8.42 Å². The van der Waals surface area contributed by atoms with Gasteiger partial charge in [0, 0.05) is 26.7 Å². The van der Waals surface area contributed by atoms with E-state index in [0.717, 1.165) is 19.3 Å². The van der Waals surface area contributed by atoms with Gasteiger partial charge in [0.2, 0.25) is 5.03 Å². The van der Waals surface area contributed by atoms with E-state index >= 15 is 0 Å². The number of rotatable bonds is 5. The van der Waals surface area contributed by atoms with E-state index in [4.69, 9.17) is 16.3 Å². The third kappa shape index (κ3) is 3.16. The van der Waals surface area contributed by atoms with Crippen molar-refractivity contribution in [3.05, 3.63) is 11.5 Å². The van der Waals surface area contributed by atoms with Crippen molar-refractivity contribution in [1.29, 1.82) is 0 Å². The van der Waals surface area contributed by atoms with Crippen LogP contribution in [0, 0.1) is 0 Å². The molecule has 20 heavy (non-hydrogen) atoms. The summed E-state index contributed by atoms with van der Waals surface area (Å²) in [6.45, 7) is 3.55. The Bertz CT molecular complexity index is 558. The number of sulfonamides is 1. The highest BCUT2D eigenvalue weighted by molar-refractivity contribution is 7.89. The second-order valence-electron chi connectivity index (χ2n) is 4.95. The van der Waals surface area contributed by atoms with E-state index in [1.54, 1.807) is 7.05 Å². The van der Waals surface area contributed by atoms with Crippen molar-refractivity contribution in [2.45, 2.75) is 37.3 Å². The van der Waals surface area contributed by atoms with Gasteiger partial charge < -0.3 is 9.30 Å². The first-order chi connectivity index (χ1) is 9.46. The van der Waals surface area contributed by atoms with Crippen LogP contribution in [0.2, 0.25) is 5.15 Å². The molecule has 1 aliphatic heterocycles. The molecule has 0 amide bonds. The Labute approximate surface area is 124 Å². The summed E-state index contributed by atoms with van der Waals surface area (Å²) in [6.07, 6.45) is 3.97. The molecular weight excluding hydrogens is 302 g/mol. The molecule has 0 aliphatic carbocycles. The molecule has 1 aromatic heterocycles. The van der Waals surface area contributed by atoms with Crippen molar-refractivity contribution in [1.82, 2.24) is 13.9 Å². The van der Waals surface area contributed by atoms with Crippen LogP contribution in [-0.2, 0) is 21.8 Å². The predicted molar refractivity (Wildman–Crippen MR) is 76.2 cm³/mol. The fraction of sp³-hybridized carbons (Fsp3) is 0.750. The Kier molecular flexibility index (Phi) is 5.06. The Morgan fingerprint density at radius 2 is 2.30 bits per heavy atom. The number of piperidine rings is 1. The number of imidazole rings is 1. The molecule has 1 saturated heterocycles. The van der Waals surface area contributed by atoms with Crippen molar-refractivity contribution < 1.29 is 13.2 Å². The van der Waals surface area contributed by atoms with Crippen molar-refractivity contribution >= 4 is 21.6 Å². The van der Waals surface area contributed by atoms with Crippen LogP contribution in [-0.4, -0.2) is 48.1 Å². The van der Waals surface area contributed by atoms with Crippen molar-refractivity contribution in [2.75, 3.05) is 19.7 Å². The molecule has 6 nitrogen and oxygen atoms in total. The first-order valence-corrected chi connectivity index (χ1v) is 8.57. The van der Waals surface area contributed by atoms with E-state index in [1.165, 1.54) is 15.2 Å². The molecule has 2 rings (SSSR count). The minimum atomic E-state index is -3.64. The smallest absolute Gasteiger partial charge is 0.263 e. The average molecular weight is 322 g/mol. The highest BCUT2D eigenvalue weighted by atomic mass is 35.5. The van der Waals surface area contributed by atoms with Crippen molar-refractivity contribution in [3.8, 4) is 0 Å². The van der Waals surface area contributed by atoms with Gasteiger partial charge in [-0.25, -0.2) is 13.4 Å². The van der Waals surface area contributed by atoms with Crippen LogP contribution in [0.4, 0.5) is 0 Å². The summed E-state index contributed by atoms with van der Waals surface area (Å²) in [5.74, 6) is 0. The number of nitrogens with zero attached hydrogens (tertiary/aromatic N) is 3. The summed E-state index contributed by atoms with van der Waals surface area (Å²) in [5.41, 5.74) is 0. The molecule has 0 saturated carbocycles. The molecule has 0 bridgehead atoms. The van der Waals surface area contributed by atoms with E-state index in [2.05, 4.69) is 4.98 Å². The van der Waals surface area contributed by atoms with Crippen LogP contribution in [0.15, 0.2) is 11.4 Å². The zero-order valence-electron chi connectivity index (χ0n) is 11.7. The lowest BCUT2D eigenvalue weighted by Crippen LogP contribution is -2.43. The van der Waals surface area contributed by atoms with Crippen LogP contribution in [0.3, 0.4) is 0 Å². The molecule has 0 radical (unpaired) electrons. The summed E-state index contributed by atoms with van der Waals surface area (Å²) in [6, 6.07) is 0. The van der Waals surface area contributed by atoms with E-state index in [-0.39, 0.29) is 16.3 Å². The van der Waals surface area contributed by atoms with Crippen LogP contribution >= 0.6 is 11.6 Å². The third-order valence-corrected chi connectivity index (χ3v) is 5.67. The van der Waals surface area contributed by atoms with E-state index in [0.29, 0.717) is 19.7 Å². The van der Waals surface area contributed by atoms with Gasteiger partial charge in [-0.2, -0.15) is 4.31 Å². The second-order valence-corrected chi connectivity index (χ2v) is 7.16. The number of aromatic nitrogens is 2. The highest BCUT2D eigenvalue weighted by Crippen LogP contribution is 2.25. The molecule has 1 aliphatic rings. The first-order valence-electron chi connectivity index (χ1n) is 6.75. The molecule has 1 fully saturated rings. The Morgan fingerprint density at radius 1 is 1.55 bits per heavy atom. The van der Waals surface area contributed by atoms with Gasteiger partial charge in [-0.3, -0.25) is 0 Å². The SMILES string of the molecule is CCCOC1CCCN(S(=O)(=O)c2ncn(C)c2Cl)C1. The number of aryl methyl sites for hydroxylation is 1. The van der Waals surface area contributed by atoms with Gasteiger partial charge in [-0.1, -0.05) is 18.5 Å². The minimum absolute atomic E-state index is 0.0408. The van der Waals surface area contributed by atoms with Crippen molar-refractivity contribution in [2.24, 2.45) is 7.05 Å². The summed E-state index contributed by atoms with van der Waals surface area (Å²) >= 11 is 6.00. The fourth-order valence-corrected chi connectivity index (χ4v) is 4.13. The monoisotopic (exact) mass is 321 g/mol. The zero-order chi connectivity index (χ0) is 14.8. The highest BCUT2D eigenvalue weighted by Gasteiger charge is 2.33. The Morgan fingerprint density at radius 3 is 2.90 bits per heavy atom. The molecule has 2 heterocycles. The Hall–Kier alpha value is -0.630. The lowest BCUT2D eigenvalue weighted by atomic mass is 10.1. The number of hydrogen-bond donors (Lipinski definition) is 0. The topological polar surface area (TPSA) is 64.4 Å². The molecule has 114 valence electrons. The van der Waals surface area contributed by atoms with Crippen LogP contribution < -0.4 is 0 Å². The van der Waals surface area contributed by atoms with Gasteiger partial charge in [0.25, 0.3) is 10.0 Å². The average Bonchev–Trinajstić information content (AvgIpc) is 2.77. The Balaban J connectivity index is 2.15.